The van der Waals surface area contributed by atoms with E-state index in [4.69, 9.17) is 4.74 Å². The van der Waals surface area contributed by atoms with Crippen LogP contribution in [-0.2, 0) is 11.2 Å². The first-order chi connectivity index (χ1) is 8.83. The number of hydrogen-bond acceptors (Lipinski definition) is 4. The molecule has 0 aromatic carbocycles. The van der Waals surface area contributed by atoms with Gasteiger partial charge in [0.2, 0.25) is 0 Å². The number of likely N-dealkylation sites (N-methyl/N-ethyl adjacent to an activating group) is 1. The highest BCUT2D eigenvalue weighted by Gasteiger charge is 2.38. The van der Waals surface area contributed by atoms with Crippen molar-refractivity contribution >= 4 is 0 Å². The van der Waals surface area contributed by atoms with E-state index in [0.717, 1.165) is 39.2 Å². The van der Waals surface area contributed by atoms with Crippen LogP contribution >= 0.6 is 0 Å². The Kier molecular flexibility index (Phi) is 3.59. The van der Waals surface area contributed by atoms with Gasteiger partial charge in [0, 0.05) is 44.6 Å². The summed E-state index contributed by atoms with van der Waals surface area (Å²) < 4.78 is 5.86. The van der Waals surface area contributed by atoms with E-state index in [1.54, 1.807) is 0 Å². The quantitative estimate of drug-likeness (QED) is 0.784. The Morgan fingerprint density at radius 2 is 2.17 bits per heavy atom. The van der Waals surface area contributed by atoms with Crippen LogP contribution in [0, 0.1) is 0 Å². The van der Waals surface area contributed by atoms with E-state index < -0.39 is 0 Å². The van der Waals surface area contributed by atoms with Crippen molar-refractivity contribution < 1.29 is 4.74 Å². The molecule has 0 aliphatic carbocycles. The number of ether oxygens (including phenoxy) is 1. The van der Waals surface area contributed by atoms with E-state index >= 15 is 0 Å². The van der Waals surface area contributed by atoms with Gasteiger partial charge in [0.1, 0.15) is 0 Å². The van der Waals surface area contributed by atoms with Crippen molar-refractivity contribution in [3.63, 3.8) is 0 Å². The molecule has 98 valence electrons. The summed E-state index contributed by atoms with van der Waals surface area (Å²) in [6.45, 7) is 5.30. The Morgan fingerprint density at radius 1 is 1.33 bits per heavy atom. The van der Waals surface area contributed by atoms with Gasteiger partial charge >= 0.3 is 0 Å². The van der Waals surface area contributed by atoms with E-state index in [2.05, 4.69) is 34.0 Å². The molecule has 3 heterocycles. The summed E-state index contributed by atoms with van der Waals surface area (Å²) in [4.78, 5) is 9.02. The van der Waals surface area contributed by atoms with Crippen molar-refractivity contribution in [2.24, 2.45) is 0 Å². The second-order valence-corrected chi connectivity index (χ2v) is 5.32. The van der Waals surface area contributed by atoms with Gasteiger partial charge in [0.15, 0.2) is 0 Å². The number of likely N-dealkylation sites (tertiary alicyclic amines) is 1. The fraction of sp³-hybridized carbons (Fsp3) is 0.643. The topological polar surface area (TPSA) is 28.6 Å². The van der Waals surface area contributed by atoms with Crippen LogP contribution in [0.2, 0.25) is 0 Å². The van der Waals surface area contributed by atoms with Gasteiger partial charge in [0.25, 0.3) is 0 Å². The van der Waals surface area contributed by atoms with E-state index in [0.29, 0.717) is 12.1 Å². The summed E-state index contributed by atoms with van der Waals surface area (Å²) in [6, 6.07) is 4.80. The molecule has 4 heteroatoms. The van der Waals surface area contributed by atoms with Gasteiger partial charge in [-0.05, 0) is 31.2 Å². The minimum absolute atomic E-state index is 0.418. The molecule has 3 rings (SSSR count). The van der Waals surface area contributed by atoms with Gasteiger partial charge < -0.3 is 4.74 Å². The van der Waals surface area contributed by atoms with Gasteiger partial charge in [-0.2, -0.15) is 0 Å². The maximum atomic E-state index is 5.86. The molecular weight excluding hydrogens is 226 g/mol. The van der Waals surface area contributed by atoms with Crippen LogP contribution in [0.15, 0.2) is 24.5 Å². The molecule has 1 aromatic rings. The highest BCUT2D eigenvalue weighted by atomic mass is 16.5. The molecule has 0 spiro atoms. The van der Waals surface area contributed by atoms with Gasteiger partial charge in [-0.15, -0.1) is 0 Å². The fourth-order valence-corrected chi connectivity index (χ4v) is 2.95. The second-order valence-electron chi connectivity index (χ2n) is 5.32. The SMILES string of the molecule is CN1CCOC2CN(CCc3ccncc3)CC21. The second kappa shape index (κ2) is 5.34. The monoisotopic (exact) mass is 247 g/mol. The van der Waals surface area contributed by atoms with Crippen molar-refractivity contribution in [1.82, 2.24) is 14.8 Å². The normalized spacial score (nSPS) is 29.4. The maximum absolute atomic E-state index is 5.86. The molecule has 18 heavy (non-hydrogen) atoms. The minimum atomic E-state index is 0.418. The van der Waals surface area contributed by atoms with Crippen molar-refractivity contribution in [2.45, 2.75) is 18.6 Å². The summed E-state index contributed by atoms with van der Waals surface area (Å²) >= 11 is 0. The lowest BCUT2D eigenvalue weighted by Gasteiger charge is -2.33. The zero-order valence-electron chi connectivity index (χ0n) is 11.0. The molecule has 2 unspecified atom stereocenters. The summed E-state index contributed by atoms with van der Waals surface area (Å²) in [7, 11) is 2.21. The lowest BCUT2D eigenvalue weighted by atomic mass is 10.1. The molecule has 1 aromatic heterocycles. The molecule has 0 radical (unpaired) electrons. The Bertz CT molecular complexity index is 384. The predicted octanol–water partition coefficient (Wildman–Crippen LogP) is 0.639. The zero-order valence-corrected chi connectivity index (χ0v) is 11.0. The third-order valence-corrected chi connectivity index (χ3v) is 4.12. The average molecular weight is 247 g/mol. The maximum Gasteiger partial charge on any atom is 0.0869 e. The number of morpholine rings is 1. The molecule has 2 fully saturated rings. The smallest absolute Gasteiger partial charge is 0.0869 e. The third kappa shape index (κ3) is 2.55. The highest BCUT2D eigenvalue weighted by molar-refractivity contribution is 5.10. The van der Waals surface area contributed by atoms with Crippen molar-refractivity contribution in [3.05, 3.63) is 30.1 Å². The number of fused-ring (bicyclic) bond motifs is 1. The van der Waals surface area contributed by atoms with Gasteiger partial charge in [-0.1, -0.05) is 0 Å². The van der Waals surface area contributed by atoms with Crippen molar-refractivity contribution in [2.75, 3.05) is 39.8 Å². The molecule has 2 aliphatic rings. The highest BCUT2D eigenvalue weighted by Crippen LogP contribution is 2.21. The number of rotatable bonds is 3. The van der Waals surface area contributed by atoms with E-state index in [-0.39, 0.29) is 0 Å². The summed E-state index contributed by atoms with van der Waals surface area (Å²) in [5.41, 5.74) is 1.37. The van der Waals surface area contributed by atoms with Crippen molar-refractivity contribution in [3.8, 4) is 0 Å². The first-order valence-electron chi connectivity index (χ1n) is 6.76. The predicted molar refractivity (Wildman–Crippen MR) is 70.5 cm³/mol. The molecule has 0 N–H and O–H groups in total. The largest absolute Gasteiger partial charge is 0.374 e. The molecule has 2 atom stereocenters. The molecular formula is C14H21N3O. The van der Waals surface area contributed by atoms with E-state index in [1.165, 1.54) is 5.56 Å². The molecule has 0 saturated carbocycles. The van der Waals surface area contributed by atoms with Gasteiger partial charge in [0.05, 0.1) is 12.7 Å². The lowest BCUT2D eigenvalue weighted by Crippen LogP contribution is -2.48. The molecule has 0 amide bonds. The number of aromatic nitrogens is 1. The van der Waals surface area contributed by atoms with Gasteiger partial charge in [-0.25, -0.2) is 0 Å². The van der Waals surface area contributed by atoms with Crippen LogP contribution in [0.4, 0.5) is 0 Å². The number of pyridine rings is 1. The van der Waals surface area contributed by atoms with Crippen LogP contribution in [0.5, 0.6) is 0 Å². The molecule has 2 saturated heterocycles. The first-order valence-corrected chi connectivity index (χ1v) is 6.76. The average Bonchev–Trinajstić information content (AvgIpc) is 2.82. The Hall–Kier alpha value is -0.970. The van der Waals surface area contributed by atoms with Crippen LogP contribution in [0.25, 0.3) is 0 Å². The minimum Gasteiger partial charge on any atom is -0.374 e. The number of nitrogens with zero attached hydrogens (tertiary/aromatic N) is 3. The van der Waals surface area contributed by atoms with Gasteiger partial charge in [-0.3, -0.25) is 14.8 Å². The first kappa shape index (κ1) is 12.1. The third-order valence-electron chi connectivity index (χ3n) is 4.12. The zero-order chi connectivity index (χ0) is 12.4. The van der Waals surface area contributed by atoms with E-state index in [1.807, 2.05) is 12.4 Å². The number of hydrogen-bond donors (Lipinski definition) is 0. The Labute approximate surface area is 109 Å². The Balaban J connectivity index is 1.53. The van der Waals surface area contributed by atoms with Crippen LogP contribution in [0.1, 0.15) is 5.56 Å². The fourth-order valence-electron chi connectivity index (χ4n) is 2.95. The molecule has 0 bridgehead atoms. The van der Waals surface area contributed by atoms with Crippen molar-refractivity contribution in [1.29, 1.82) is 0 Å². The Morgan fingerprint density at radius 3 is 2.94 bits per heavy atom. The molecule has 4 nitrogen and oxygen atoms in total. The summed E-state index contributed by atoms with van der Waals surface area (Å²) in [5.74, 6) is 0. The summed E-state index contributed by atoms with van der Waals surface area (Å²) in [5, 5.41) is 0. The van der Waals surface area contributed by atoms with Crippen LogP contribution < -0.4 is 0 Å². The lowest BCUT2D eigenvalue weighted by molar-refractivity contribution is -0.0369. The summed E-state index contributed by atoms with van der Waals surface area (Å²) in [6.07, 6.45) is 5.26. The van der Waals surface area contributed by atoms with Crippen LogP contribution in [0.3, 0.4) is 0 Å². The standard InChI is InChI=1S/C14H21N3O/c1-16-8-9-18-14-11-17(10-13(14)16)7-4-12-2-5-15-6-3-12/h2-3,5-6,13-14H,4,7-11H2,1H3. The van der Waals surface area contributed by atoms with E-state index in [9.17, 15) is 0 Å². The van der Waals surface area contributed by atoms with Crippen LogP contribution in [-0.4, -0.2) is 66.8 Å². The molecule has 2 aliphatic heterocycles.